The number of hydrogen-bond acceptors (Lipinski definition) is 7. The summed E-state index contributed by atoms with van der Waals surface area (Å²) >= 11 is 3.42. The van der Waals surface area contributed by atoms with E-state index in [1.54, 1.807) is 24.3 Å². The number of fused-ring (bicyclic) bond motifs is 1. The molecule has 0 saturated heterocycles. The highest BCUT2D eigenvalue weighted by atomic mass is 127. The average Bonchev–Trinajstić information content (AvgIpc) is 3.21. The summed E-state index contributed by atoms with van der Waals surface area (Å²) in [6.45, 7) is -0.535. The molecule has 0 saturated carbocycles. The molecule has 1 heterocycles. The molecule has 0 fully saturated rings. The van der Waals surface area contributed by atoms with Gasteiger partial charge in [-0.25, -0.2) is 18.2 Å². The molecule has 1 amide bonds. The van der Waals surface area contributed by atoms with E-state index in [9.17, 15) is 18.0 Å². The summed E-state index contributed by atoms with van der Waals surface area (Å²) in [5.74, 6) is -1.37. The van der Waals surface area contributed by atoms with E-state index in [1.807, 2.05) is 24.3 Å². The van der Waals surface area contributed by atoms with Gasteiger partial charge < -0.3 is 4.74 Å². The number of halogens is 1. The van der Waals surface area contributed by atoms with Crippen LogP contribution in [-0.4, -0.2) is 31.9 Å². The fourth-order valence-electron chi connectivity index (χ4n) is 2.82. The van der Waals surface area contributed by atoms with Crippen molar-refractivity contribution in [3.05, 3.63) is 81.9 Å². The van der Waals surface area contributed by atoms with E-state index in [-0.39, 0.29) is 10.5 Å². The lowest BCUT2D eigenvalue weighted by Gasteiger charge is -2.10. The van der Waals surface area contributed by atoms with Gasteiger partial charge in [-0.15, -0.1) is 0 Å². The predicted molar refractivity (Wildman–Crippen MR) is 135 cm³/mol. The monoisotopic (exact) mass is 593 g/mol. The molecule has 4 rings (SSSR count). The maximum absolute atomic E-state index is 12.7. The number of hydrogen-bond donors (Lipinski definition) is 2. The van der Waals surface area contributed by atoms with E-state index in [2.05, 4.69) is 37.6 Å². The molecular weight excluding hydrogens is 577 g/mol. The highest BCUT2D eigenvalue weighted by Gasteiger charge is 2.18. The lowest BCUT2D eigenvalue weighted by molar-refractivity contribution is -0.119. The van der Waals surface area contributed by atoms with Gasteiger partial charge in [0.2, 0.25) is 0 Å². The van der Waals surface area contributed by atoms with Crippen molar-refractivity contribution in [1.29, 1.82) is 0 Å². The largest absolute Gasteiger partial charge is 0.452 e. The fraction of sp³-hybridized carbons (Fsp3) is 0.0455. The second-order valence-corrected chi connectivity index (χ2v) is 10.7. The molecule has 11 heteroatoms. The average molecular weight is 593 g/mol. The molecular formula is C22H16IN3O5S2. The number of carbonyl (C=O) groups excluding carboxylic acids is 2. The zero-order valence-electron chi connectivity index (χ0n) is 16.8. The second-order valence-electron chi connectivity index (χ2n) is 6.75. The van der Waals surface area contributed by atoms with Gasteiger partial charge in [-0.3, -0.25) is 14.8 Å². The standard InChI is InChI=1S/C22H16IN3O5S2/c23-15-8-10-16(11-9-15)26-33(29,30)17-5-3-4-14(12-17)21(28)31-13-20(27)25-22-24-18-6-1-2-7-19(18)32-22/h1-12,26H,13H2,(H,24,25,27). The van der Waals surface area contributed by atoms with E-state index < -0.39 is 28.5 Å². The molecule has 0 radical (unpaired) electrons. The van der Waals surface area contributed by atoms with Crippen LogP contribution in [0.1, 0.15) is 10.4 Å². The SMILES string of the molecule is O=C(COC(=O)c1cccc(S(=O)(=O)Nc2ccc(I)cc2)c1)Nc1nc2ccccc2s1. The van der Waals surface area contributed by atoms with E-state index in [1.165, 1.54) is 35.6 Å². The number of nitrogens with zero attached hydrogens (tertiary/aromatic N) is 1. The van der Waals surface area contributed by atoms with Gasteiger partial charge in [0.25, 0.3) is 15.9 Å². The minimum absolute atomic E-state index is 0.00766. The minimum Gasteiger partial charge on any atom is -0.452 e. The molecule has 0 aliphatic heterocycles. The second kappa shape index (κ2) is 9.85. The van der Waals surface area contributed by atoms with Crippen LogP contribution in [0, 0.1) is 3.57 Å². The van der Waals surface area contributed by atoms with Gasteiger partial charge >= 0.3 is 5.97 Å². The third-order valence-electron chi connectivity index (χ3n) is 4.35. The molecule has 0 spiro atoms. The maximum atomic E-state index is 12.7. The van der Waals surface area contributed by atoms with Crippen molar-refractivity contribution in [3.63, 3.8) is 0 Å². The summed E-state index contributed by atoms with van der Waals surface area (Å²) in [4.78, 5) is 28.7. The molecule has 1 aromatic heterocycles. The summed E-state index contributed by atoms with van der Waals surface area (Å²) in [7, 11) is -3.91. The van der Waals surface area contributed by atoms with Crippen molar-refractivity contribution in [3.8, 4) is 0 Å². The normalized spacial score (nSPS) is 11.2. The first-order chi connectivity index (χ1) is 15.8. The van der Waals surface area contributed by atoms with Crippen LogP contribution in [0.25, 0.3) is 10.2 Å². The van der Waals surface area contributed by atoms with Crippen LogP contribution in [0.5, 0.6) is 0 Å². The fourth-order valence-corrected chi connectivity index (χ4v) is 5.16. The predicted octanol–water partition coefficient (Wildman–Crippen LogP) is 4.50. The van der Waals surface area contributed by atoms with Gasteiger partial charge in [-0.05, 0) is 77.2 Å². The number of carbonyl (C=O) groups is 2. The molecule has 168 valence electrons. The number of para-hydroxylation sites is 1. The van der Waals surface area contributed by atoms with Gasteiger partial charge in [0.1, 0.15) is 0 Å². The Morgan fingerprint density at radius 3 is 2.52 bits per heavy atom. The quantitative estimate of drug-likeness (QED) is 0.241. The lowest BCUT2D eigenvalue weighted by Crippen LogP contribution is -2.21. The molecule has 0 atom stereocenters. The number of anilines is 2. The number of esters is 1. The summed E-state index contributed by atoms with van der Waals surface area (Å²) in [6, 6.07) is 19.7. The van der Waals surface area contributed by atoms with E-state index in [0.717, 1.165) is 13.8 Å². The molecule has 0 bridgehead atoms. The first-order valence-electron chi connectivity index (χ1n) is 9.51. The highest BCUT2D eigenvalue weighted by molar-refractivity contribution is 14.1. The Labute approximate surface area is 207 Å². The number of thiazole rings is 1. The number of aromatic nitrogens is 1. The molecule has 0 aliphatic carbocycles. The van der Waals surface area contributed by atoms with Crippen LogP contribution in [-0.2, 0) is 19.6 Å². The van der Waals surface area contributed by atoms with Crippen LogP contribution < -0.4 is 10.0 Å². The number of amides is 1. The summed E-state index contributed by atoms with van der Waals surface area (Å²) in [6.07, 6.45) is 0. The summed E-state index contributed by atoms with van der Waals surface area (Å²) < 4.78 is 34.7. The van der Waals surface area contributed by atoms with Crippen molar-refractivity contribution in [2.75, 3.05) is 16.6 Å². The molecule has 8 nitrogen and oxygen atoms in total. The van der Waals surface area contributed by atoms with Crippen molar-refractivity contribution < 1.29 is 22.7 Å². The van der Waals surface area contributed by atoms with Crippen molar-refractivity contribution >= 4 is 76.9 Å². The Morgan fingerprint density at radius 2 is 1.76 bits per heavy atom. The van der Waals surface area contributed by atoms with Crippen LogP contribution >= 0.6 is 33.9 Å². The van der Waals surface area contributed by atoms with Crippen LogP contribution in [0.15, 0.2) is 77.7 Å². The van der Waals surface area contributed by atoms with Gasteiger partial charge in [0.05, 0.1) is 20.7 Å². The number of sulfonamides is 1. The van der Waals surface area contributed by atoms with Crippen LogP contribution in [0.2, 0.25) is 0 Å². The minimum atomic E-state index is -3.91. The molecule has 0 unspecified atom stereocenters. The Morgan fingerprint density at radius 1 is 1.00 bits per heavy atom. The number of nitrogens with one attached hydrogen (secondary N) is 2. The Hall–Kier alpha value is -3.03. The Kier molecular flexibility index (Phi) is 6.91. The van der Waals surface area contributed by atoms with Crippen molar-refractivity contribution in [1.82, 2.24) is 4.98 Å². The zero-order chi connectivity index (χ0) is 23.4. The summed E-state index contributed by atoms with van der Waals surface area (Å²) in [5, 5.41) is 2.99. The maximum Gasteiger partial charge on any atom is 0.338 e. The topological polar surface area (TPSA) is 114 Å². The van der Waals surface area contributed by atoms with E-state index in [0.29, 0.717) is 10.8 Å². The first-order valence-corrected chi connectivity index (χ1v) is 12.9. The van der Waals surface area contributed by atoms with E-state index in [4.69, 9.17) is 4.74 Å². The molecule has 4 aromatic rings. The van der Waals surface area contributed by atoms with Gasteiger partial charge in [0.15, 0.2) is 11.7 Å². The van der Waals surface area contributed by atoms with Gasteiger partial charge in [-0.1, -0.05) is 29.5 Å². The number of benzene rings is 3. The van der Waals surface area contributed by atoms with Gasteiger partial charge in [-0.2, -0.15) is 0 Å². The summed E-state index contributed by atoms with van der Waals surface area (Å²) in [5.41, 5.74) is 1.16. The number of rotatable bonds is 7. The van der Waals surface area contributed by atoms with Crippen LogP contribution in [0.3, 0.4) is 0 Å². The highest BCUT2D eigenvalue weighted by Crippen LogP contribution is 2.25. The smallest absolute Gasteiger partial charge is 0.338 e. The first kappa shape index (κ1) is 23.1. The Bertz CT molecular complexity index is 1400. The third-order valence-corrected chi connectivity index (χ3v) is 7.40. The molecule has 3 aromatic carbocycles. The molecule has 2 N–H and O–H groups in total. The molecule has 0 aliphatic rings. The van der Waals surface area contributed by atoms with Gasteiger partial charge in [0, 0.05) is 9.26 Å². The third kappa shape index (κ3) is 5.86. The van der Waals surface area contributed by atoms with Crippen LogP contribution in [0.4, 0.5) is 10.8 Å². The Balaban J connectivity index is 1.38. The number of ether oxygens (including phenoxy) is 1. The molecule has 33 heavy (non-hydrogen) atoms. The van der Waals surface area contributed by atoms with Crippen molar-refractivity contribution in [2.45, 2.75) is 4.90 Å². The van der Waals surface area contributed by atoms with E-state index >= 15 is 0 Å². The zero-order valence-corrected chi connectivity index (χ0v) is 20.6. The van der Waals surface area contributed by atoms with Crippen molar-refractivity contribution in [2.24, 2.45) is 0 Å². The lowest BCUT2D eigenvalue weighted by atomic mass is 10.2.